The number of piperazine rings is 1. The maximum Gasteiger partial charge on any atom is 0.411 e. The van der Waals surface area contributed by atoms with Crippen LogP contribution in [0.4, 0.5) is 9.59 Å². The van der Waals surface area contributed by atoms with Crippen LogP contribution < -0.4 is 5.32 Å². The number of hydrogen-bond donors (Lipinski definition) is 1. The molecule has 0 saturated carbocycles. The molecule has 0 aromatic heterocycles. The molecule has 1 unspecified atom stereocenters. The summed E-state index contributed by atoms with van der Waals surface area (Å²) in [5.74, 6) is -0.202. The minimum Gasteiger partial charge on any atom is -0.445 e. The van der Waals surface area contributed by atoms with Crippen molar-refractivity contribution in [1.82, 2.24) is 15.1 Å². The number of amides is 3. The number of benzene rings is 1. The lowest BCUT2D eigenvalue weighted by atomic mass is 9.74. The Kier molecular flexibility index (Phi) is 6.21. The monoisotopic (exact) mass is 431 g/mol. The van der Waals surface area contributed by atoms with Crippen LogP contribution in [0.25, 0.3) is 0 Å². The van der Waals surface area contributed by atoms with Crippen molar-refractivity contribution < 1.29 is 23.9 Å². The molecule has 1 atom stereocenters. The summed E-state index contributed by atoms with van der Waals surface area (Å²) in [7, 11) is 0. The van der Waals surface area contributed by atoms with Crippen LogP contribution in [0.2, 0.25) is 0 Å². The normalized spacial score (nSPS) is 23.3. The molecule has 2 fully saturated rings. The lowest BCUT2D eigenvalue weighted by Gasteiger charge is -2.55. The van der Waals surface area contributed by atoms with E-state index >= 15 is 0 Å². The quantitative estimate of drug-likeness (QED) is 0.776. The largest absolute Gasteiger partial charge is 0.445 e. The standard InChI is InChI=1S/C23H33N3O5/c1-21(2,3)31-20(29)25-13-11-23(16-22(25,4)5)18(27)24-12-14-26(23)19(28)30-15-17-9-7-6-8-10-17/h6-10H,11-16H2,1-5H3,(H,24,27). The van der Waals surface area contributed by atoms with Gasteiger partial charge in [0.15, 0.2) is 0 Å². The van der Waals surface area contributed by atoms with Gasteiger partial charge in [-0.15, -0.1) is 0 Å². The molecule has 31 heavy (non-hydrogen) atoms. The molecular weight excluding hydrogens is 398 g/mol. The lowest BCUT2D eigenvalue weighted by molar-refractivity contribution is -0.144. The lowest BCUT2D eigenvalue weighted by Crippen LogP contribution is -2.73. The third-order valence-electron chi connectivity index (χ3n) is 5.80. The first kappa shape index (κ1) is 22.9. The molecule has 2 saturated heterocycles. The summed E-state index contributed by atoms with van der Waals surface area (Å²) in [6.07, 6.45) is -0.310. The molecule has 0 aliphatic carbocycles. The van der Waals surface area contributed by atoms with Crippen molar-refractivity contribution in [3.8, 4) is 0 Å². The number of hydrogen-bond acceptors (Lipinski definition) is 5. The molecule has 1 aromatic carbocycles. The van der Waals surface area contributed by atoms with Gasteiger partial charge in [0.2, 0.25) is 5.91 Å². The minimum atomic E-state index is -1.06. The van der Waals surface area contributed by atoms with Crippen LogP contribution >= 0.6 is 0 Å². The highest BCUT2D eigenvalue weighted by Crippen LogP contribution is 2.40. The van der Waals surface area contributed by atoms with Crippen LogP contribution in [0.3, 0.4) is 0 Å². The van der Waals surface area contributed by atoms with E-state index in [9.17, 15) is 14.4 Å². The molecule has 170 valence electrons. The summed E-state index contributed by atoms with van der Waals surface area (Å²) >= 11 is 0. The minimum absolute atomic E-state index is 0.140. The molecule has 8 heteroatoms. The smallest absolute Gasteiger partial charge is 0.411 e. The maximum atomic E-state index is 13.1. The molecule has 1 aromatic rings. The zero-order chi connectivity index (χ0) is 22.9. The summed E-state index contributed by atoms with van der Waals surface area (Å²) in [5, 5.41) is 2.90. The number of nitrogens with zero attached hydrogens (tertiary/aromatic N) is 2. The molecule has 8 nitrogen and oxygen atoms in total. The Morgan fingerprint density at radius 2 is 1.74 bits per heavy atom. The zero-order valence-electron chi connectivity index (χ0n) is 19.1. The van der Waals surface area contributed by atoms with E-state index in [1.165, 1.54) is 0 Å². The Morgan fingerprint density at radius 3 is 2.35 bits per heavy atom. The molecule has 3 rings (SSSR count). The first-order valence-electron chi connectivity index (χ1n) is 10.7. The number of rotatable bonds is 2. The Morgan fingerprint density at radius 1 is 1.06 bits per heavy atom. The molecule has 2 aliphatic heterocycles. The van der Waals surface area contributed by atoms with Crippen molar-refractivity contribution in [1.29, 1.82) is 0 Å². The summed E-state index contributed by atoms with van der Waals surface area (Å²) in [6.45, 7) is 10.4. The van der Waals surface area contributed by atoms with Crippen molar-refractivity contribution in [3.05, 3.63) is 35.9 Å². The molecular formula is C23H33N3O5. The van der Waals surface area contributed by atoms with E-state index in [4.69, 9.17) is 9.47 Å². The first-order chi connectivity index (χ1) is 14.4. The van der Waals surface area contributed by atoms with Gasteiger partial charge in [0.05, 0.1) is 0 Å². The second kappa shape index (κ2) is 8.40. The van der Waals surface area contributed by atoms with Crippen molar-refractivity contribution in [2.45, 2.75) is 70.7 Å². The first-order valence-corrected chi connectivity index (χ1v) is 10.7. The Hall–Kier alpha value is -2.77. The fourth-order valence-corrected chi connectivity index (χ4v) is 4.42. The molecule has 3 amide bonds. The fraction of sp³-hybridized carbons (Fsp3) is 0.609. The average molecular weight is 432 g/mol. The van der Waals surface area contributed by atoms with Crippen LogP contribution in [0, 0.1) is 0 Å². The van der Waals surface area contributed by atoms with E-state index in [0.29, 0.717) is 32.5 Å². The molecule has 0 radical (unpaired) electrons. The summed E-state index contributed by atoms with van der Waals surface area (Å²) < 4.78 is 11.1. The molecule has 2 aliphatic rings. The van der Waals surface area contributed by atoms with Crippen LogP contribution in [0.1, 0.15) is 53.0 Å². The highest BCUT2D eigenvalue weighted by atomic mass is 16.6. The van der Waals surface area contributed by atoms with Crippen LogP contribution in [-0.2, 0) is 20.9 Å². The topological polar surface area (TPSA) is 88.2 Å². The van der Waals surface area contributed by atoms with Gasteiger partial charge < -0.3 is 19.7 Å². The number of carbonyl (C=O) groups is 3. The van der Waals surface area contributed by atoms with Crippen LogP contribution in [-0.4, -0.2) is 64.2 Å². The van der Waals surface area contributed by atoms with Crippen molar-refractivity contribution in [2.24, 2.45) is 0 Å². The van der Waals surface area contributed by atoms with Crippen molar-refractivity contribution in [3.63, 3.8) is 0 Å². The SMILES string of the molecule is CC(C)(C)OC(=O)N1CCC2(CC1(C)C)C(=O)NCCN2C(=O)OCc1ccccc1. The Bertz CT molecular complexity index is 833. The van der Waals surface area contributed by atoms with Gasteiger partial charge >= 0.3 is 12.2 Å². The maximum absolute atomic E-state index is 13.1. The number of carbonyl (C=O) groups excluding carboxylic acids is 3. The Labute approximate surface area is 183 Å². The number of piperidine rings is 1. The van der Waals surface area contributed by atoms with E-state index in [-0.39, 0.29) is 12.5 Å². The zero-order valence-corrected chi connectivity index (χ0v) is 19.1. The second-order valence-electron chi connectivity index (χ2n) is 9.85. The number of likely N-dealkylation sites (tertiary alicyclic amines) is 1. The fourth-order valence-electron chi connectivity index (χ4n) is 4.42. The molecule has 1 spiro atoms. The molecule has 2 heterocycles. The van der Waals surface area contributed by atoms with E-state index in [1.807, 2.05) is 65.0 Å². The van der Waals surface area contributed by atoms with Crippen molar-refractivity contribution >= 4 is 18.1 Å². The highest BCUT2D eigenvalue weighted by Gasteiger charge is 2.56. The van der Waals surface area contributed by atoms with Gasteiger partial charge in [-0.25, -0.2) is 9.59 Å². The summed E-state index contributed by atoms with van der Waals surface area (Å²) in [5.41, 5.74) is -1.48. The van der Waals surface area contributed by atoms with Gasteiger partial charge in [0.1, 0.15) is 17.7 Å². The average Bonchev–Trinajstić information content (AvgIpc) is 2.67. The highest BCUT2D eigenvalue weighted by molar-refractivity contribution is 5.91. The van der Waals surface area contributed by atoms with Gasteiger partial charge in [-0.3, -0.25) is 9.69 Å². The Balaban J connectivity index is 1.78. The molecule has 1 N–H and O–H groups in total. The van der Waals surface area contributed by atoms with E-state index in [0.717, 1.165) is 5.56 Å². The summed E-state index contributed by atoms with van der Waals surface area (Å²) in [4.78, 5) is 42.0. The van der Waals surface area contributed by atoms with E-state index in [2.05, 4.69) is 5.32 Å². The van der Waals surface area contributed by atoms with Gasteiger partial charge in [0.25, 0.3) is 0 Å². The van der Waals surface area contributed by atoms with Gasteiger partial charge in [-0.2, -0.15) is 0 Å². The van der Waals surface area contributed by atoms with Gasteiger partial charge in [0, 0.05) is 31.6 Å². The third-order valence-corrected chi connectivity index (χ3v) is 5.80. The van der Waals surface area contributed by atoms with Crippen molar-refractivity contribution in [2.75, 3.05) is 19.6 Å². The summed E-state index contributed by atoms with van der Waals surface area (Å²) in [6, 6.07) is 9.43. The molecule has 0 bridgehead atoms. The van der Waals surface area contributed by atoms with Gasteiger partial charge in [-0.1, -0.05) is 30.3 Å². The van der Waals surface area contributed by atoms with Crippen LogP contribution in [0.15, 0.2) is 30.3 Å². The van der Waals surface area contributed by atoms with E-state index in [1.54, 1.807) is 9.80 Å². The van der Waals surface area contributed by atoms with Gasteiger partial charge in [-0.05, 0) is 46.6 Å². The predicted octanol–water partition coefficient (Wildman–Crippen LogP) is 3.30. The van der Waals surface area contributed by atoms with Crippen LogP contribution in [0.5, 0.6) is 0 Å². The second-order valence-corrected chi connectivity index (χ2v) is 9.85. The predicted molar refractivity (Wildman–Crippen MR) is 115 cm³/mol. The third kappa shape index (κ3) is 4.94. The number of ether oxygens (including phenoxy) is 2. The van der Waals surface area contributed by atoms with E-state index < -0.39 is 28.9 Å². The number of nitrogens with one attached hydrogen (secondary N) is 1.